The second-order valence-corrected chi connectivity index (χ2v) is 14.7. The average Bonchev–Trinajstić information content (AvgIpc) is 3.42. The van der Waals surface area contributed by atoms with Crippen LogP contribution in [0.1, 0.15) is 66.5 Å². The molecule has 0 bridgehead atoms. The van der Waals surface area contributed by atoms with E-state index in [1.807, 2.05) is 31.2 Å². The molecule has 2 aromatic carbocycles. The van der Waals surface area contributed by atoms with Gasteiger partial charge in [0.1, 0.15) is 27.6 Å². The van der Waals surface area contributed by atoms with Crippen molar-refractivity contribution < 1.29 is 32.0 Å². The van der Waals surface area contributed by atoms with E-state index >= 15 is 0 Å². The fourth-order valence-corrected chi connectivity index (χ4v) is 4.47. The summed E-state index contributed by atoms with van der Waals surface area (Å²) in [5.41, 5.74) is 2.08. The topological polar surface area (TPSA) is 142 Å². The molecule has 0 saturated heterocycles. The second kappa shape index (κ2) is 12.4. The Labute approximate surface area is 264 Å². The van der Waals surface area contributed by atoms with Gasteiger partial charge in [-0.3, -0.25) is 0 Å². The molecule has 4 rings (SSSR count). The molecule has 0 radical (unpaired) electrons. The molecule has 0 fully saturated rings. The highest BCUT2D eigenvalue weighted by Gasteiger charge is 2.37. The Morgan fingerprint density at radius 1 is 0.778 bits per heavy atom. The Balaban J connectivity index is 1.90. The minimum Gasteiger partial charge on any atom is -0.443 e. The number of carbonyl (C=O) groups is 2. The number of nitrogens with zero attached hydrogens (tertiary/aromatic N) is 4. The molecule has 2 amide bonds. The summed E-state index contributed by atoms with van der Waals surface area (Å²) in [7, 11) is -2.72. The first kappa shape index (κ1) is 33.3. The van der Waals surface area contributed by atoms with Gasteiger partial charge in [0.25, 0.3) is 0 Å². The number of hydrogen-bond donors (Lipinski definition) is 1. The summed E-state index contributed by atoms with van der Waals surface area (Å²) in [6.07, 6.45) is -0.639. The molecule has 0 saturated carbocycles. The third kappa shape index (κ3) is 7.93. The maximum atomic E-state index is 13.5. The van der Waals surface area contributed by atoms with Crippen LogP contribution < -0.4 is 4.90 Å². The van der Waals surface area contributed by atoms with E-state index in [-0.39, 0.29) is 17.3 Å². The van der Waals surface area contributed by atoms with Crippen molar-refractivity contribution in [3.05, 3.63) is 71.9 Å². The van der Waals surface area contributed by atoms with Gasteiger partial charge in [-0.05, 0) is 67.9 Å². The monoisotopic (exact) mass is 634 g/mol. The van der Waals surface area contributed by atoms with Crippen LogP contribution in [-0.4, -0.2) is 46.9 Å². The molecular formula is C33H38N4O7S. The van der Waals surface area contributed by atoms with Crippen LogP contribution in [0.2, 0.25) is 0 Å². The van der Waals surface area contributed by atoms with Crippen LogP contribution in [-0.2, 0) is 24.9 Å². The quantitative estimate of drug-likeness (QED) is 0.215. The number of benzene rings is 2. The highest BCUT2D eigenvalue weighted by Crippen LogP contribution is 2.35. The van der Waals surface area contributed by atoms with Gasteiger partial charge in [-0.2, -0.15) is 4.90 Å². The summed E-state index contributed by atoms with van der Waals surface area (Å²) >= 11 is 0. The summed E-state index contributed by atoms with van der Waals surface area (Å²) < 4.78 is 39.4. The number of amides is 2. The number of aromatic nitrogens is 3. The molecule has 2 aromatic heterocycles. The van der Waals surface area contributed by atoms with Crippen LogP contribution >= 0.6 is 0 Å². The van der Waals surface area contributed by atoms with E-state index in [1.54, 1.807) is 85.7 Å². The molecule has 2 heterocycles. The van der Waals surface area contributed by atoms with E-state index in [1.165, 1.54) is 6.20 Å². The molecule has 0 N–H and O–H groups in total. The van der Waals surface area contributed by atoms with Crippen molar-refractivity contribution in [2.75, 3.05) is 4.90 Å². The van der Waals surface area contributed by atoms with E-state index in [4.69, 9.17) is 19.0 Å². The van der Waals surface area contributed by atoms with Gasteiger partial charge in [0.15, 0.2) is 17.3 Å². The van der Waals surface area contributed by atoms with Gasteiger partial charge >= 0.3 is 12.2 Å². The number of anilines is 1. The number of rotatable bonds is 6. The van der Waals surface area contributed by atoms with Crippen LogP contribution in [0.4, 0.5) is 15.4 Å². The molecular weight excluding hydrogens is 596 g/mol. The van der Waals surface area contributed by atoms with E-state index < -0.39 is 38.8 Å². The average molecular weight is 635 g/mol. The molecule has 45 heavy (non-hydrogen) atoms. The highest BCUT2D eigenvalue weighted by atomic mass is 32.2. The van der Waals surface area contributed by atoms with Crippen molar-refractivity contribution in [3.63, 3.8) is 0 Å². The van der Waals surface area contributed by atoms with Crippen LogP contribution in [0.15, 0.2) is 65.3 Å². The Kier molecular flexibility index (Phi) is 9.20. The maximum Gasteiger partial charge on any atom is 0.425 e. The number of thiol groups is 1. The Morgan fingerprint density at radius 2 is 1.29 bits per heavy atom. The lowest BCUT2D eigenvalue weighted by atomic mass is 10.00. The maximum absolute atomic E-state index is 13.5. The molecule has 238 valence electrons. The third-order valence-corrected chi connectivity index (χ3v) is 7.72. The van der Waals surface area contributed by atoms with Crippen molar-refractivity contribution in [1.82, 2.24) is 15.1 Å². The molecule has 0 aliphatic heterocycles. The van der Waals surface area contributed by atoms with Gasteiger partial charge in [-0.25, -0.2) is 28.0 Å². The molecule has 0 atom stereocenters. The van der Waals surface area contributed by atoms with E-state index in [0.29, 0.717) is 27.4 Å². The summed E-state index contributed by atoms with van der Waals surface area (Å²) in [6.45, 7) is 15.3. The van der Waals surface area contributed by atoms with Crippen LogP contribution in [0.5, 0.6) is 0 Å². The van der Waals surface area contributed by atoms with Gasteiger partial charge in [0.05, 0.1) is 16.6 Å². The van der Waals surface area contributed by atoms with Gasteiger partial charge < -0.3 is 14.0 Å². The Morgan fingerprint density at radius 3 is 1.80 bits per heavy atom. The van der Waals surface area contributed by atoms with Crippen LogP contribution in [0.25, 0.3) is 34.0 Å². The molecule has 0 unspecified atom stereocenters. The lowest BCUT2D eigenvalue weighted by Crippen LogP contribution is -2.44. The highest BCUT2D eigenvalue weighted by molar-refractivity contribution is 7.73. The lowest BCUT2D eigenvalue weighted by Gasteiger charge is -2.28. The Hall–Kier alpha value is -4.58. The predicted octanol–water partition coefficient (Wildman–Crippen LogP) is 7.30. The first-order valence-electron chi connectivity index (χ1n) is 14.3. The SMILES string of the molecule is Cc1ccc(-c2cc(-c3nc(-c4ccc(C(C)(C)[SH](=O)=O)cc4)cnc3N(C(=O)OC(C)(C)C)C(=O)OC(C)(C)C)on2)cc1. The fraction of sp³-hybridized carbons (Fsp3) is 0.364. The van der Waals surface area contributed by atoms with Gasteiger partial charge in [-0.15, -0.1) is 0 Å². The minimum atomic E-state index is -2.72. The van der Waals surface area contributed by atoms with Crippen molar-refractivity contribution in [2.24, 2.45) is 0 Å². The normalized spacial score (nSPS) is 12.2. The predicted molar refractivity (Wildman–Crippen MR) is 171 cm³/mol. The molecule has 0 aliphatic rings. The second-order valence-electron chi connectivity index (χ2n) is 13.1. The molecule has 0 spiro atoms. The zero-order chi connectivity index (χ0) is 33.3. The van der Waals surface area contributed by atoms with Gasteiger partial charge in [-0.1, -0.05) is 59.3 Å². The standard InChI is InChI=1S/C33H38N4O7S/c1-20-10-12-21(13-11-20)24-18-26(44-36-24)27-28(37(29(38)42-31(2,3)4)30(39)43-32(5,6)7)34-19-25(35-27)22-14-16-23(17-15-22)33(8,9)45(40)41/h10-19,45H,1-9H3. The van der Waals surface area contributed by atoms with Crippen molar-refractivity contribution in [1.29, 1.82) is 0 Å². The van der Waals surface area contributed by atoms with Gasteiger partial charge in [0.2, 0.25) is 0 Å². The Bertz CT molecular complexity index is 1740. The van der Waals surface area contributed by atoms with Crippen molar-refractivity contribution >= 4 is 28.7 Å². The molecule has 12 heteroatoms. The number of imide groups is 1. The smallest absolute Gasteiger partial charge is 0.425 e. The minimum absolute atomic E-state index is 0.0297. The number of carbonyl (C=O) groups excluding carboxylic acids is 2. The summed E-state index contributed by atoms with van der Waals surface area (Å²) in [5, 5.41) is 4.21. The number of hydrogen-bond acceptors (Lipinski definition) is 10. The summed E-state index contributed by atoms with van der Waals surface area (Å²) in [4.78, 5) is 37.0. The lowest BCUT2D eigenvalue weighted by molar-refractivity contribution is 0.0429. The van der Waals surface area contributed by atoms with Crippen LogP contribution in [0, 0.1) is 6.92 Å². The van der Waals surface area contributed by atoms with Gasteiger partial charge in [0, 0.05) is 17.2 Å². The third-order valence-electron chi connectivity index (χ3n) is 6.55. The number of aryl methyl sites for hydroxylation is 1. The molecule has 4 aromatic rings. The number of ether oxygens (including phenoxy) is 2. The van der Waals surface area contributed by atoms with E-state index in [2.05, 4.69) is 10.1 Å². The van der Waals surface area contributed by atoms with E-state index in [9.17, 15) is 18.0 Å². The van der Waals surface area contributed by atoms with Crippen molar-refractivity contribution in [3.8, 4) is 34.0 Å². The first-order chi connectivity index (χ1) is 20.9. The zero-order valence-electron chi connectivity index (χ0n) is 26.9. The summed E-state index contributed by atoms with van der Waals surface area (Å²) in [5.74, 6) is -0.0527. The van der Waals surface area contributed by atoms with Crippen molar-refractivity contribution in [2.45, 2.75) is 78.3 Å². The summed E-state index contributed by atoms with van der Waals surface area (Å²) in [6, 6.07) is 16.2. The largest absolute Gasteiger partial charge is 0.443 e. The molecule has 0 aliphatic carbocycles. The van der Waals surface area contributed by atoms with E-state index in [0.717, 1.165) is 11.1 Å². The first-order valence-corrected chi connectivity index (χ1v) is 15.5. The zero-order valence-corrected chi connectivity index (χ0v) is 27.8. The fourth-order valence-electron chi connectivity index (χ4n) is 4.11. The molecule has 11 nitrogen and oxygen atoms in total. The van der Waals surface area contributed by atoms with Crippen LogP contribution in [0.3, 0.4) is 0 Å².